The Labute approximate surface area is 104 Å². The SMILES string of the molecule is CCNC1(CC(=O)OCC)CCOC(CC)C1. The van der Waals surface area contributed by atoms with Gasteiger partial charge in [0.15, 0.2) is 0 Å². The number of hydrogen-bond donors (Lipinski definition) is 1. The van der Waals surface area contributed by atoms with Crippen molar-refractivity contribution in [3.05, 3.63) is 0 Å². The molecule has 1 aliphatic rings. The van der Waals surface area contributed by atoms with Crippen LogP contribution in [0.2, 0.25) is 0 Å². The molecule has 0 aliphatic carbocycles. The minimum Gasteiger partial charge on any atom is -0.466 e. The molecule has 0 aromatic rings. The molecule has 1 heterocycles. The summed E-state index contributed by atoms with van der Waals surface area (Å²) in [5.41, 5.74) is -0.125. The summed E-state index contributed by atoms with van der Waals surface area (Å²) in [6.45, 7) is 8.09. The molecule has 0 saturated carbocycles. The molecule has 2 atom stereocenters. The highest BCUT2D eigenvalue weighted by Crippen LogP contribution is 2.29. The second-order valence-corrected chi connectivity index (χ2v) is 4.65. The average molecular weight is 243 g/mol. The highest BCUT2D eigenvalue weighted by molar-refractivity contribution is 5.71. The molecule has 0 aromatic heterocycles. The Balaban J connectivity index is 2.63. The summed E-state index contributed by atoms with van der Waals surface area (Å²) in [4.78, 5) is 11.7. The number of esters is 1. The summed E-state index contributed by atoms with van der Waals surface area (Å²) in [6, 6.07) is 0. The molecule has 100 valence electrons. The molecule has 1 saturated heterocycles. The lowest BCUT2D eigenvalue weighted by molar-refractivity contribution is -0.146. The molecule has 1 N–H and O–H groups in total. The second kappa shape index (κ2) is 6.97. The van der Waals surface area contributed by atoms with Gasteiger partial charge in [-0.05, 0) is 32.7 Å². The van der Waals surface area contributed by atoms with Crippen LogP contribution in [0.1, 0.15) is 46.5 Å². The lowest BCUT2D eigenvalue weighted by atomic mass is 9.83. The fourth-order valence-corrected chi connectivity index (χ4v) is 2.53. The predicted molar refractivity (Wildman–Crippen MR) is 66.9 cm³/mol. The van der Waals surface area contributed by atoms with Crippen molar-refractivity contribution < 1.29 is 14.3 Å². The quantitative estimate of drug-likeness (QED) is 0.724. The largest absolute Gasteiger partial charge is 0.466 e. The van der Waals surface area contributed by atoms with Gasteiger partial charge in [-0.2, -0.15) is 0 Å². The molecule has 17 heavy (non-hydrogen) atoms. The third-order valence-electron chi connectivity index (χ3n) is 3.35. The van der Waals surface area contributed by atoms with E-state index in [1.54, 1.807) is 0 Å². The first-order valence-corrected chi connectivity index (χ1v) is 6.68. The standard InChI is InChI=1S/C13H25NO3/c1-4-11-9-13(14-5-2,7-8-17-11)10-12(15)16-6-3/h11,14H,4-10H2,1-3H3. The smallest absolute Gasteiger partial charge is 0.307 e. The van der Waals surface area contributed by atoms with Gasteiger partial charge >= 0.3 is 5.97 Å². The van der Waals surface area contributed by atoms with E-state index < -0.39 is 0 Å². The van der Waals surface area contributed by atoms with E-state index in [0.29, 0.717) is 13.0 Å². The maximum atomic E-state index is 11.7. The van der Waals surface area contributed by atoms with Gasteiger partial charge in [-0.1, -0.05) is 13.8 Å². The number of carbonyl (C=O) groups is 1. The van der Waals surface area contributed by atoms with Crippen molar-refractivity contribution >= 4 is 5.97 Å². The van der Waals surface area contributed by atoms with Crippen LogP contribution in [0.5, 0.6) is 0 Å². The summed E-state index contributed by atoms with van der Waals surface area (Å²) in [6.07, 6.45) is 3.49. The van der Waals surface area contributed by atoms with Crippen molar-refractivity contribution in [1.29, 1.82) is 0 Å². The van der Waals surface area contributed by atoms with Crippen molar-refractivity contribution in [3.8, 4) is 0 Å². The van der Waals surface area contributed by atoms with E-state index in [1.807, 2.05) is 6.92 Å². The van der Waals surface area contributed by atoms with Crippen LogP contribution in [0.3, 0.4) is 0 Å². The fraction of sp³-hybridized carbons (Fsp3) is 0.923. The highest BCUT2D eigenvalue weighted by Gasteiger charge is 2.37. The first-order chi connectivity index (χ1) is 8.15. The highest BCUT2D eigenvalue weighted by atomic mass is 16.5. The van der Waals surface area contributed by atoms with E-state index in [1.165, 1.54) is 0 Å². The van der Waals surface area contributed by atoms with E-state index in [4.69, 9.17) is 9.47 Å². The zero-order chi connectivity index (χ0) is 12.7. The van der Waals surface area contributed by atoms with Crippen LogP contribution in [-0.2, 0) is 14.3 Å². The molecular formula is C13H25NO3. The van der Waals surface area contributed by atoms with Gasteiger partial charge in [0.05, 0.1) is 19.1 Å². The maximum Gasteiger partial charge on any atom is 0.307 e. The molecule has 0 radical (unpaired) electrons. The maximum absolute atomic E-state index is 11.7. The number of carbonyl (C=O) groups excluding carboxylic acids is 1. The Morgan fingerprint density at radius 1 is 1.47 bits per heavy atom. The van der Waals surface area contributed by atoms with Crippen molar-refractivity contribution in [1.82, 2.24) is 5.32 Å². The van der Waals surface area contributed by atoms with Gasteiger partial charge in [0.1, 0.15) is 0 Å². The van der Waals surface area contributed by atoms with Gasteiger partial charge in [-0.25, -0.2) is 0 Å². The van der Waals surface area contributed by atoms with Gasteiger partial charge in [0.2, 0.25) is 0 Å². The van der Waals surface area contributed by atoms with E-state index in [-0.39, 0.29) is 17.6 Å². The number of ether oxygens (including phenoxy) is 2. The Morgan fingerprint density at radius 3 is 2.82 bits per heavy atom. The lowest BCUT2D eigenvalue weighted by Crippen LogP contribution is -2.53. The summed E-state index contributed by atoms with van der Waals surface area (Å²) >= 11 is 0. The number of hydrogen-bond acceptors (Lipinski definition) is 4. The van der Waals surface area contributed by atoms with Crippen LogP contribution in [0.15, 0.2) is 0 Å². The van der Waals surface area contributed by atoms with E-state index >= 15 is 0 Å². The van der Waals surface area contributed by atoms with Crippen LogP contribution in [0.4, 0.5) is 0 Å². The predicted octanol–water partition coefficient (Wildman–Crippen LogP) is 1.88. The topological polar surface area (TPSA) is 47.6 Å². The molecule has 0 aromatic carbocycles. The Hall–Kier alpha value is -0.610. The third-order valence-corrected chi connectivity index (χ3v) is 3.35. The zero-order valence-corrected chi connectivity index (χ0v) is 11.3. The Morgan fingerprint density at radius 2 is 2.24 bits per heavy atom. The molecule has 1 fully saturated rings. The normalized spacial score (nSPS) is 29.0. The Bertz CT molecular complexity index is 241. The van der Waals surface area contributed by atoms with E-state index in [9.17, 15) is 4.79 Å². The van der Waals surface area contributed by atoms with Crippen molar-refractivity contribution in [2.24, 2.45) is 0 Å². The summed E-state index contributed by atoms with van der Waals surface area (Å²) in [5, 5.41) is 3.47. The zero-order valence-electron chi connectivity index (χ0n) is 11.3. The van der Waals surface area contributed by atoms with Crippen molar-refractivity contribution in [3.63, 3.8) is 0 Å². The van der Waals surface area contributed by atoms with Gasteiger partial charge in [0.25, 0.3) is 0 Å². The molecule has 1 aliphatic heterocycles. The third kappa shape index (κ3) is 4.28. The van der Waals surface area contributed by atoms with Crippen molar-refractivity contribution in [2.75, 3.05) is 19.8 Å². The summed E-state index contributed by atoms with van der Waals surface area (Å²) < 4.78 is 10.7. The van der Waals surface area contributed by atoms with Crippen LogP contribution >= 0.6 is 0 Å². The van der Waals surface area contributed by atoms with Crippen LogP contribution in [0.25, 0.3) is 0 Å². The monoisotopic (exact) mass is 243 g/mol. The van der Waals surface area contributed by atoms with Gasteiger partial charge in [-0.15, -0.1) is 0 Å². The van der Waals surface area contributed by atoms with E-state index in [0.717, 1.165) is 32.4 Å². The van der Waals surface area contributed by atoms with Crippen LogP contribution in [0, 0.1) is 0 Å². The number of rotatable bonds is 6. The molecule has 2 unspecified atom stereocenters. The van der Waals surface area contributed by atoms with Crippen LogP contribution in [-0.4, -0.2) is 37.4 Å². The molecule has 0 amide bonds. The first-order valence-electron chi connectivity index (χ1n) is 6.68. The molecule has 0 bridgehead atoms. The second-order valence-electron chi connectivity index (χ2n) is 4.65. The molecule has 0 spiro atoms. The van der Waals surface area contributed by atoms with Gasteiger partial charge < -0.3 is 14.8 Å². The molecule has 4 heteroatoms. The molecule has 4 nitrogen and oxygen atoms in total. The molecular weight excluding hydrogens is 218 g/mol. The Kier molecular flexibility index (Phi) is 5.92. The van der Waals surface area contributed by atoms with E-state index in [2.05, 4.69) is 19.2 Å². The van der Waals surface area contributed by atoms with Gasteiger partial charge in [0, 0.05) is 12.1 Å². The van der Waals surface area contributed by atoms with Crippen LogP contribution < -0.4 is 5.32 Å². The van der Waals surface area contributed by atoms with Gasteiger partial charge in [-0.3, -0.25) is 4.79 Å². The average Bonchev–Trinajstić information content (AvgIpc) is 2.29. The summed E-state index contributed by atoms with van der Waals surface area (Å²) in [7, 11) is 0. The minimum absolute atomic E-state index is 0.106. The minimum atomic E-state index is -0.125. The summed E-state index contributed by atoms with van der Waals surface area (Å²) in [5.74, 6) is -0.106. The molecule has 1 rings (SSSR count). The first kappa shape index (κ1) is 14.5. The van der Waals surface area contributed by atoms with Crippen molar-refractivity contribution in [2.45, 2.75) is 58.1 Å². The number of nitrogens with one attached hydrogen (secondary N) is 1. The lowest BCUT2D eigenvalue weighted by Gasteiger charge is -2.41. The fourth-order valence-electron chi connectivity index (χ4n) is 2.53.